The molecule has 7 heteroatoms. The summed E-state index contributed by atoms with van der Waals surface area (Å²) in [6, 6.07) is 3.43. The number of hydrogen-bond acceptors (Lipinski definition) is 5. The molecule has 118 valence electrons. The maximum Gasteiger partial charge on any atom is 0.316 e. The van der Waals surface area contributed by atoms with Gasteiger partial charge in [-0.15, -0.1) is 11.8 Å². The number of nitrogens with zero attached hydrogens (tertiary/aromatic N) is 1. The van der Waals surface area contributed by atoms with Gasteiger partial charge in [-0.2, -0.15) is 0 Å². The van der Waals surface area contributed by atoms with E-state index in [1.807, 2.05) is 0 Å². The van der Waals surface area contributed by atoms with Crippen molar-refractivity contribution in [2.24, 2.45) is 0 Å². The quantitative estimate of drug-likeness (QED) is 0.755. The van der Waals surface area contributed by atoms with E-state index >= 15 is 0 Å². The maximum atomic E-state index is 13.2. The van der Waals surface area contributed by atoms with Crippen molar-refractivity contribution in [2.45, 2.75) is 25.7 Å². The topological polar surface area (TPSA) is 52.3 Å². The molecule has 22 heavy (non-hydrogen) atoms. The number of carbonyl (C=O) groups is 1. The first-order valence-electron chi connectivity index (χ1n) is 6.62. The van der Waals surface area contributed by atoms with Gasteiger partial charge in [-0.25, -0.2) is 13.8 Å². The fourth-order valence-corrected chi connectivity index (χ4v) is 2.35. The van der Waals surface area contributed by atoms with Crippen molar-refractivity contribution in [1.29, 1.82) is 0 Å². The van der Waals surface area contributed by atoms with E-state index in [0.29, 0.717) is 17.0 Å². The summed E-state index contributed by atoms with van der Waals surface area (Å²) in [5.41, 5.74) is 0.969. The SMILES string of the molecule is CC(C)OC(=O)CSCc1coc(-c2ccc(F)c(F)c2)n1. The van der Waals surface area contributed by atoms with Gasteiger partial charge in [0.1, 0.15) is 6.26 Å². The van der Waals surface area contributed by atoms with Crippen molar-refractivity contribution in [3.8, 4) is 11.5 Å². The highest BCUT2D eigenvalue weighted by Gasteiger charge is 2.11. The largest absolute Gasteiger partial charge is 0.462 e. The Morgan fingerprint density at radius 3 is 2.82 bits per heavy atom. The zero-order chi connectivity index (χ0) is 16.1. The van der Waals surface area contributed by atoms with Gasteiger partial charge in [0.05, 0.1) is 17.6 Å². The lowest BCUT2D eigenvalue weighted by Gasteiger charge is -2.06. The first kappa shape index (κ1) is 16.5. The van der Waals surface area contributed by atoms with Gasteiger partial charge < -0.3 is 9.15 Å². The van der Waals surface area contributed by atoms with E-state index < -0.39 is 11.6 Å². The second-order valence-corrected chi connectivity index (χ2v) is 5.79. The highest BCUT2D eigenvalue weighted by molar-refractivity contribution is 7.99. The standard InChI is InChI=1S/C15H15F2NO3S/c1-9(2)21-14(19)8-22-7-11-6-20-15(18-11)10-3-4-12(16)13(17)5-10/h3-6,9H,7-8H2,1-2H3. The van der Waals surface area contributed by atoms with Crippen LogP contribution in [0.5, 0.6) is 0 Å². The Balaban J connectivity index is 1.91. The molecule has 0 aliphatic heterocycles. The molecular weight excluding hydrogens is 312 g/mol. The Labute approximate surface area is 130 Å². The molecular formula is C15H15F2NO3S. The van der Waals surface area contributed by atoms with Crippen LogP contribution in [0.2, 0.25) is 0 Å². The molecule has 0 aliphatic carbocycles. The number of aromatic nitrogens is 1. The van der Waals surface area contributed by atoms with Crippen LogP contribution in [-0.4, -0.2) is 22.8 Å². The molecule has 1 aromatic heterocycles. The number of halogens is 2. The Morgan fingerprint density at radius 2 is 2.14 bits per heavy atom. The molecule has 0 bridgehead atoms. The molecule has 0 spiro atoms. The minimum absolute atomic E-state index is 0.139. The van der Waals surface area contributed by atoms with Crippen LogP contribution in [0, 0.1) is 11.6 Å². The van der Waals surface area contributed by atoms with Crippen molar-refractivity contribution in [2.75, 3.05) is 5.75 Å². The molecule has 0 fully saturated rings. The third-order valence-corrected chi connectivity index (χ3v) is 3.50. The Kier molecular flexibility index (Phi) is 5.54. The van der Waals surface area contributed by atoms with E-state index in [-0.39, 0.29) is 23.7 Å². The molecule has 0 amide bonds. The van der Waals surface area contributed by atoms with Crippen LogP contribution < -0.4 is 0 Å². The van der Waals surface area contributed by atoms with Gasteiger partial charge >= 0.3 is 5.97 Å². The second kappa shape index (κ2) is 7.40. The monoisotopic (exact) mass is 327 g/mol. The van der Waals surface area contributed by atoms with Crippen molar-refractivity contribution >= 4 is 17.7 Å². The Morgan fingerprint density at radius 1 is 1.36 bits per heavy atom. The molecule has 0 aliphatic rings. The fraction of sp³-hybridized carbons (Fsp3) is 0.333. The number of carbonyl (C=O) groups excluding carboxylic acids is 1. The average Bonchev–Trinajstić information content (AvgIpc) is 2.90. The maximum absolute atomic E-state index is 13.2. The van der Waals surface area contributed by atoms with E-state index in [1.54, 1.807) is 13.8 Å². The van der Waals surface area contributed by atoms with E-state index in [4.69, 9.17) is 9.15 Å². The first-order valence-corrected chi connectivity index (χ1v) is 7.78. The third kappa shape index (κ3) is 4.56. The van der Waals surface area contributed by atoms with Crippen molar-refractivity contribution in [1.82, 2.24) is 4.98 Å². The molecule has 2 rings (SSSR count). The van der Waals surface area contributed by atoms with Crippen LogP contribution in [0.3, 0.4) is 0 Å². The first-order chi connectivity index (χ1) is 10.5. The van der Waals surface area contributed by atoms with Crippen molar-refractivity contribution < 1.29 is 22.7 Å². The van der Waals surface area contributed by atoms with Crippen LogP contribution in [0.15, 0.2) is 28.9 Å². The number of thioether (sulfide) groups is 1. The number of hydrogen-bond donors (Lipinski definition) is 0. The molecule has 1 aromatic carbocycles. The predicted octanol–water partition coefficient (Wildman–Crippen LogP) is 3.80. The number of rotatable bonds is 6. The summed E-state index contributed by atoms with van der Waals surface area (Å²) in [5.74, 6) is -1.28. The summed E-state index contributed by atoms with van der Waals surface area (Å²) < 4.78 is 36.3. The average molecular weight is 327 g/mol. The molecule has 2 aromatic rings. The zero-order valence-electron chi connectivity index (χ0n) is 12.1. The molecule has 0 saturated carbocycles. The van der Waals surface area contributed by atoms with Crippen LogP contribution in [0.1, 0.15) is 19.5 Å². The number of ether oxygens (including phenoxy) is 1. The Bertz CT molecular complexity index is 658. The van der Waals surface area contributed by atoms with Gasteiger partial charge in [0.15, 0.2) is 11.6 Å². The summed E-state index contributed by atoms with van der Waals surface area (Å²) in [6.07, 6.45) is 1.29. The molecule has 4 nitrogen and oxygen atoms in total. The Hall–Kier alpha value is -1.89. The minimum Gasteiger partial charge on any atom is -0.462 e. The van der Waals surface area contributed by atoms with Gasteiger partial charge in [-0.3, -0.25) is 4.79 Å². The van der Waals surface area contributed by atoms with Gasteiger partial charge in [-0.05, 0) is 32.0 Å². The second-order valence-electron chi connectivity index (χ2n) is 4.80. The molecule has 1 heterocycles. The summed E-state index contributed by atoms with van der Waals surface area (Å²) in [4.78, 5) is 15.6. The summed E-state index contributed by atoms with van der Waals surface area (Å²) in [5, 5.41) is 0. The molecule has 0 radical (unpaired) electrons. The molecule has 0 saturated heterocycles. The van der Waals surface area contributed by atoms with Crippen molar-refractivity contribution in [3.63, 3.8) is 0 Å². The van der Waals surface area contributed by atoms with E-state index in [1.165, 1.54) is 24.1 Å². The van der Waals surface area contributed by atoms with Crippen LogP contribution in [0.4, 0.5) is 8.78 Å². The van der Waals surface area contributed by atoms with Crippen LogP contribution in [-0.2, 0) is 15.3 Å². The van der Waals surface area contributed by atoms with E-state index in [2.05, 4.69) is 4.98 Å². The lowest BCUT2D eigenvalue weighted by molar-refractivity contribution is -0.144. The van der Waals surface area contributed by atoms with Crippen molar-refractivity contribution in [3.05, 3.63) is 41.8 Å². The number of benzene rings is 1. The summed E-state index contributed by atoms with van der Waals surface area (Å²) in [6.45, 7) is 3.57. The predicted molar refractivity (Wildman–Crippen MR) is 79.2 cm³/mol. The third-order valence-electron chi connectivity index (χ3n) is 2.56. The van der Waals surface area contributed by atoms with Gasteiger partial charge in [0.2, 0.25) is 5.89 Å². The van der Waals surface area contributed by atoms with Crippen LogP contribution >= 0.6 is 11.8 Å². The fourth-order valence-electron chi connectivity index (χ4n) is 1.67. The smallest absolute Gasteiger partial charge is 0.316 e. The summed E-state index contributed by atoms with van der Waals surface area (Å²) >= 11 is 1.34. The zero-order valence-corrected chi connectivity index (χ0v) is 13.0. The van der Waals surface area contributed by atoms with Gasteiger partial charge in [0, 0.05) is 11.3 Å². The van der Waals surface area contributed by atoms with E-state index in [9.17, 15) is 13.6 Å². The highest BCUT2D eigenvalue weighted by atomic mass is 32.2. The lowest BCUT2D eigenvalue weighted by Crippen LogP contribution is -2.13. The minimum atomic E-state index is -0.956. The lowest BCUT2D eigenvalue weighted by atomic mass is 10.2. The molecule has 0 N–H and O–H groups in total. The van der Waals surface area contributed by atoms with E-state index in [0.717, 1.165) is 12.1 Å². The van der Waals surface area contributed by atoms with Gasteiger partial charge in [0.25, 0.3) is 0 Å². The molecule has 0 atom stereocenters. The summed E-state index contributed by atoms with van der Waals surface area (Å²) in [7, 11) is 0. The van der Waals surface area contributed by atoms with Crippen LogP contribution in [0.25, 0.3) is 11.5 Å². The van der Waals surface area contributed by atoms with Gasteiger partial charge in [-0.1, -0.05) is 0 Å². The number of oxazole rings is 1. The number of esters is 1. The molecule has 0 unspecified atom stereocenters. The normalized spacial score (nSPS) is 11.0. The highest BCUT2D eigenvalue weighted by Crippen LogP contribution is 2.22.